The molecule has 152 valence electrons. The van der Waals surface area contributed by atoms with Crippen LogP contribution in [0, 0.1) is 0 Å². The standard InChI is InChI=1S/C21H23N3O4S/c1-24-11-17(14-5-3-4-6-15(14)21(24)25)16-9-13(23-29(2,26)27)10-18-19(16)22-20(28-18)12-7-8-12/h9-12,23H,3-8H2,1-2H3. The first kappa shape index (κ1) is 18.4. The van der Waals surface area contributed by atoms with E-state index in [1.54, 1.807) is 23.7 Å². The third kappa shape index (κ3) is 3.35. The Balaban J connectivity index is 1.79. The lowest BCUT2D eigenvalue weighted by Crippen LogP contribution is -2.25. The molecule has 2 aromatic heterocycles. The van der Waals surface area contributed by atoms with Crippen molar-refractivity contribution in [2.24, 2.45) is 7.05 Å². The first-order chi connectivity index (χ1) is 13.8. The van der Waals surface area contributed by atoms with E-state index >= 15 is 0 Å². The number of nitrogens with one attached hydrogen (secondary N) is 1. The highest BCUT2D eigenvalue weighted by molar-refractivity contribution is 7.92. The van der Waals surface area contributed by atoms with Gasteiger partial charge in [0.1, 0.15) is 5.52 Å². The predicted octanol–water partition coefficient (Wildman–Crippen LogP) is 3.32. The number of anilines is 1. The van der Waals surface area contributed by atoms with E-state index in [0.29, 0.717) is 23.1 Å². The van der Waals surface area contributed by atoms with Gasteiger partial charge < -0.3 is 8.98 Å². The maximum absolute atomic E-state index is 12.7. The zero-order chi connectivity index (χ0) is 20.3. The van der Waals surface area contributed by atoms with Gasteiger partial charge in [0, 0.05) is 41.9 Å². The van der Waals surface area contributed by atoms with E-state index in [0.717, 1.165) is 72.6 Å². The summed E-state index contributed by atoms with van der Waals surface area (Å²) >= 11 is 0. The van der Waals surface area contributed by atoms with Gasteiger partial charge in [-0.25, -0.2) is 13.4 Å². The monoisotopic (exact) mass is 413 g/mol. The predicted molar refractivity (Wildman–Crippen MR) is 112 cm³/mol. The number of oxazole rings is 1. The van der Waals surface area contributed by atoms with Crippen molar-refractivity contribution in [1.29, 1.82) is 0 Å². The summed E-state index contributed by atoms with van der Waals surface area (Å²) in [6.45, 7) is 0. The molecule has 8 heteroatoms. The fraction of sp³-hybridized carbons (Fsp3) is 0.429. The number of benzene rings is 1. The van der Waals surface area contributed by atoms with E-state index in [4.69, 9.17) is 9.40 Å². The number of hydrogen-bond donors (Lipinski definition) is 1. The van der Waals surface area contributed by atoms with Crippen molar-refractivity contribution in [3.8, 4) is 11.1 Å². The van der Waals surface area contributed by atoms with E-state index in [-0.39, 0.29) is 5.56 Å². The summed E-state index contributed by atoms with van der Waals surface area (Å²) in [5.74, 6) is 1.05. The molecule has 2 heterocycles. The van der Waals surface area contributed by atoms with Crippen LogP contribution in [0.3, 0.4) is 0 Å². The van der Waals surface area contributed by atoms with Crippen LogP contribution in [0.5, 0.6) is 0 Å². The van der Waals surface area contributed by atoms with Crippen LogP contribution in [0.1, 0.15) is 48.6 Å². The Hall–Kier alpha value is -2.61. The number of rotatable bonds is 4. The van der Waals surface area contributed by atoms with Gasteiger partial charge in [-0.1, -0.05) is 0 Å². The number of fused-ring (bicyclic) bond motifs is 2. The molecule has 2 aliphatic carbocycles. The second-order valence-electron chi connectivity index (χ2n) is 8.19. The van der Waals surface area contributed by atoms with Crippen molar-refractivity contribution < 1.29 is 12.8 Å². The molecule has 1 N–H and O–H groups in total. The molecule has 3 aromatic rings. The summed E-state index contributed by atoms with van der Waals surface area (Å²) in [6.07, 6.45) is 8.73. The largest absolute Gasteiger partial charge is 0.440 e. The molecule has 1 fully saturated rings. The lowest BCUT2D eigenvalue weighted by molar-refractivity contribution is 0.533. The van der Waals surface area contributed by atoms with Crippen molar-refractivity contribution in [1.82, 2.24) is 9.55 Å². The van der Waals surface area contributed by atoms with Gasteiger partial charge in [-0.05, 0) is 50.2 Å². The maximum Gasteiger partial charge on any atom is 0.253 e. The van der Waals surface area contributed by atoms with Gasteiger partial charge in [-0.3, -0.25) is 9.52 Å². The number of hydrogen-bond acceptors (Lipinski definition) is 5. The molecule has 5 rings (SSSR count). The van der Waals surface area contributed by atoms with Crippen LogP contribution in [-0.2, 0) is 29.9 Å². The molecule has 2 aliphatic rings. The quantitative estimate of drug-likeness (QED) is 0.708. The molecule has 0 unspecified atom stereocenters. The van der Waals surface area contributed by atoms with Crippen LogP contribution < -0.4 is 10.3 Å². The lowest BCUT2D eigenvalue weighted by atomic mass is 9.87. The molecule has 1 aromatic carbocycles. The van der Waals surface area contributed by atoms with E-state index in [1.165, 1.54) is 0 Å². The van der Waals surface area contributed by atoms with Gasteiger partial charge in [0.2, 0.25) is 10.0 Å². The van der Waals surface area contributed by atoms with E-state index in [9.17, 15) is 13.2 Å². The minimum Gasteiger partial charge on any atom is -0.440 e. The molecule has 0 radical (unpaired) electrons. The Morgan fingerprint density at radius 2 is 1.86 bits per heavy atom. The van der Waals surface area contributed by atoms with E-state index < -0.39 is 10.0 Å². The number of aromatic nitrogens is 2. The topological polar surface area (TPSA) is 94.2 Å². The summed E-state index contributed by atoms with van der Waals surface area (Å²) in [6, 6.07) is 3.49. The average molecular weight is 413 g/mol. The maximum atomic E-state index is 12.7. The Bertz CT molecular complexity index is 1300. The number of aryl methyl sites for hydroxylation is 1. The molecular formula is C21H23N3O4S. The molecular weight excluding hydrogens is 390 g/mol. The van der Waals surface area contributed by atoms with E-state index in [2.05, 4.69) is 4.72 Å². The number of sulfonamides is 1. The van der Waals surface area contributed by atoms with Crippen LogP contribution in [-0.4, -0.2) is 24.2 Å². The molecule has 0 amide bonds. The second-order valence-corrected chi connectivity index (χ2v) is 9.94. The van der Waals surface area contributed by atoms with Crippen LogP contribution >= 0.6 is 0 Å². The Morgan fingerprint density at radius 3 is 2.55 bits per heavy atom. The molecule has 0 atom stereocenters. The van der Waals surface area contributed by atoms with Crippen molar-refractivity contribution >= 4 is 26.8 Å². The van der Waals surface area contributed by atoms with Crippen LogP contribution in [0.25, 0.3) is 22.2 Å². The van der Waals surface area contributed by atoms with Gasteiger partial charge in [0.25, 0.3) is 5.56 Å². The van der Waals surface area contributed by atoms with Crippen LogP contribution in [0.4, 0.5) is 5.69 Å². The van der Waals surface area contributed by atoms with Gasteiger partial charge in [0.05, 0.1) is 11.9 Å². The molecule has 0 bridgehead atoms. The van der Waals surface area contributed by atoms with Crippen LogP contribution in [0.15, 0.2) is 27.5 Å². The normalized spacial score (nSPS) is 16.8. The summed E-state index contributed by atoms with van der Waals surface area (Å²) in [5.41, 5.74) is 5.41. The summed E-state index contributed by atoms with van der Waals surface area (Å²) in [5, 5.41) is 0. The molecule has 1 saturated carbocycles. The highest BCUT2D eigenvalue weighted by atomic mass is 32.2. The smallest absolute Gasteiger partial charge is 0.253 e. The minimum absolute atomic E-state index is 0.0453. The van der Waals surface area contributed by atoms with Crippen LogP contribution in [0.2, 0.25) is 0 Å². The SMILES string of the molecule is Cn1cc(-c2cc(NS(C)(=O)=O)cc3oc(C4CC4)nc23)c2c(c1=O)CCCC2. The third-order valence-electron chi connectivity index (χ3n) is 5.73. The fourth-order valence-corrected chi connectivity index (χ4v) is 4.79. The molecule has 7 nitrogen and oxygen atoms in total. The lowest BCUT2D eigenvalue weighted by Gasteiger charge is -2.20. The first-order valence-corrected chi connectivity index (χ1v) is 11.8. The number of nitrogens with zero attached hydrogens (tertiary/aromatic N) is 2. The summed E-state index contributed by atoms with van der Waals surface area (Å²) < 4.78 is 33.8. The van der Waals surface area contributed by atoms with Crippen molar-refractivity contribution in [3.63, 3.8) is 0 Å². The average Bonchev–Trinajstić information content (AvgIpc) is 3.42. The van der Waals surface area contributed by atoms with Gasteiger partial charge in [-0.15, -0.1) is 0 Å². The van der Waals surface area contributed by atoms with E-state index in [1.807, 2.05) is 6.20 Å². The summed E-state index contributed by atoms with van der Waals surface area (Å²) in [7, 11) is -1.68. The zero-order valence-corrected chi connectivity index (χ0v) is 17.3. The van der Waals surface area contributed by atoms with Gasteiger partial charge in [-0.2, -0.15) is 0 Å². The minimum atomic E-state index is -3.44. The second kappa shape index (κ2) is 6.45. The fourth-order valence-electron chi connectivity index (χ4n) is 4.24. The third-order valence-corrected chi connectivity index (χ3v) is 6.33. The first-order valence-electron chi connectivity index (χ1n) is 9.94. The zero-order valence-electron chi connectivity index (χ0n) is 16.5. The van der Waals surface area contributed by atoms with Gasteiger partial charge >= 0.3 is 0 Å². The Morgan fingerprint density at radius 1 is 1.14 bits per heavy atom. The van der Waals surface area contributed by atoms with Crippen molar-refractivity contribution in [2.45, 2.75) is 44.4 Å². The highest BCUT2D eigenvalue weighted by Crippen LogP contribution is 2.43. The molecule has 0 aliphatic heterocycles. The summed E-state index contributed by atoms with van der Waals surface area (Å²) in [4.78, 5) is 17.4. The molecule has 0 spiro atoms. The van der Waals surface area contributed by atoms with Crippen molar-refractivity contribution in [3.05, 3.63) is 45.7 Å². The molecule has 0 saturated heterocycles. The Labute approximate surface area is 168 Å². The Kier molecular flexibility index (Phi) is 4.10. The van der Waals surface area contributed by atoms with Gasteiger partial charge in [0.15, 0.2) is 11.5 Å². The molecule has 29 heavy (non-hydrogen) atoms. The highest BCUT2D eigenvalue weighted by Gasteiger charge is 2.30. The van der Waals surface area contributed by atoms with Crippen molar-refractivity contribution in [2.75, 3.05) is 11.0 Å². The number of pyridine rings is 1.